The number of rotatable bonds is 2. The van der Waals surface area contributed by atoms with Crippen molar-refractivity contribution in [1.29, 1.82) is 0 Å². The maximum absolute atomic E-state index is 11.1. The second kappa shape index (κ2) is 4.25. The van der Waals surface area contributed by atoms with Crippen LogP contribution in [0.3, 0.4) is 0 Å². The van der Waals surface area contributed by atoms with E-state index in [0.29, 0.717) is 5.56 Å². The van der Waals surface area contributed by atoms with Gasteiger partial charge in [0, 0.05) is 5.56 Å². The summed E-state index contributed by atoms with van der Waals surface area (Å²) in [5, 5.41) is 9.12. The Labute approximate surface area is 98.7 Å². The van der Waals surface area contributed by atoms with Gasteiger partial charge >= 0.3 is 5.97 Å². The van der Waals surface area contributed by atoms with E-state index < -0.39 is 5.97 Å². The van der Waals surface area contributed by atoms with Crippen molar-refractivity contribution in [3.05, 3.63) is 47.7 Å². The van der Waals surface area contributed by atoms with Gasteiger partial charge in [0.25, 0.3) is 0 Å². The van der Waals surface area contributed by atoms with Gasteiger partial charge in [-0.3, -0.25) is 0 Å². The second-order valence-corrected chi connectivity index (χ2v) is 3.75. The first kappa shape index (κ1) is 11.1. The number of nitrogens with two attached hydrogens (primary N) is 1. The highest BCUT2D eigenvalue weighted by Gasteiger charge is 2.14. The smallest absolute Gasteiger partial charge is 0.355 e. The standard InChI is InChI=1S/C13H12N2O2/c1-8-4-2-3-5-9(8)10-6-7-11(14)15-12(10)13(16)17/h2-7H,1H3,(H2,14,15)(H,16,17). The van der Waals surface area contributed by atoms with E-state index in [9.17, 15) is 4.79 Å². The van der Waals surface area contributed by atoms with E-state index in [2.05, 4.69) is 4.98 Å². The van der Waals surface area contributed by atoms with Crippen molar-refractivity contribution in [3.8, 4) is 11.1 Å². The van der Waals surface area contributed by atoms with E-state index in [0.717, 1.165) is 11.1 Å². The third-order valence-electron chi connectivity index (χ3n) is 2.55. The summed E-state index contributed by atoms with van der Waals surface area (Å²) in [4.78, 5) is 15.0. The molecule has 0 saturated carbocycles. The molecule has 86 valence electrons. The lowest BCUT2D eigenvalue weighted by Crippen LogP contribution is -2.05. The van der Waals surface area contributed by atoms with E-state index in [1.807, 2.05) is 31.2 Å². The molecule has 1 heterocycles. The first-order chi connectivity index (χ1) is 8.09. The quantitative estimate of drug-likeness (QED) is 0.827. The minimum atomic E-state index is -1.07. The molecule has 0 bridgehead atoms. The van der Waals surface area contributed by atoms with Crippen LogP contribution >= 0.6 is 0 Å². The van der Waals surface area contributed by atoms with Gasteiger partial charge in [0.2, 0.25) is 0 Å². The molecule has 2 rings (SSSR count). The van der Waals surface area contributed by atoms with Crippen LogP contribution < -0.4 is 5.73 Å². The Kier molecular flexibility index (Phi) is 2.78. The fraction of sp³-hybridized carbons (Fsp3) is 0.0769. The van der Waals surface area contributed by atoms with Crippen molar-refractivity contribution in [2.24, 2.45) is 0 Å². The maximum atomic E-state index is 11.1. The van der Waals surface area contributed by atoms with Crippen LogP contribution in [-0.4, -0.2) is 16.1 Å². The minimum Gasteiger partial charge on any atom is -0.476 e. The molecule has 0 amide bonds. The number of carbonyl (C=O) groups is 1. The van der Waals surface area contributed by atoms with Crippen LogP contribution in [0, 0.1) is 6.92 Å². The molecule has 0 unspecified atom stereocenters. The summed E-state index contributed by atoms with van der Waals surface area (Å²) in [5.74, 6) is -0.865. The summed E-state index contributed by atoms with van der Waals surface area (Å²) in [6, 6.07) is 10.9. The van der Waals surface area contributed by atoms with Crippen LogP contribution in [0.1, 0.15) is 16.1 Å². The average Bonchev–Trinajstić information content (AvgIpc) is 2.30. The van der Waals surface area contributed by atoms with Crippen LogP contribution in [0.4, 0.5) is 5.82 Å². The summed E-state index contributed by atoms with van der Waals surface area (Å²) in [6.07, 6.45) is 0. The van der Waals surface area contributed by atoms with Crippen LogP contribution in [0.15, 0.2) is 36.4 Å². The molecular weight excluding hydrogens is 216 g/mol. The zero-order chi connectivity index (χ0) is 12.4. The molecule has 1 aromatic carbocycles. The number of nitrogens with zero attached hydrogens (tertiary/aromatic N) is 1. The lowest BCUT2D eigenvalue weighted by Gasteiger charge is -2.08. The van der Waals surface area contributed by atoms with Gasteiger partial charge < -0.3 is 10.8 Å². The van der Waals surface area contributed by atoms with Gasteiger partial charge in [-0.15, -0.1) is 0 Å². The molecule has 0 spiro atoms. The monoisotopic (exact) mass is 228 g/mol. The van der Waals surface area contributed by atoms with Gasteiger partial charge in [0.15, 0.2) is 5.69 Å². The predicted molar refractivity (Wildman–Crippen MR) is 65.8 cm³/mol. The van der Waals surface area contributed by atoms with E-state index >= 15 is 0 Å². The largest absolute Gasteiger partial charge is 0.476 e. The highest BCUT2D eigenvalue weighted by molar-refractivity contribution is 5.94. The molecule has 0 aliphatic rings. The Bertz CT molecular complexity index is 579. The van der Waals surface area contributed by atoms with Crippen molar-refractivity contribution >= 4 is 11.8 Å². The van der Waals surface area contributed by atoms with Gasteiger partial charge in [0.05, 0.1) is 0 Å². The molecule has 4 nitrogen and oxygen atoms in total. The van der Waals surface area contributed by atoms with Gasteiger partial charge in [-0.1, -0.05) is 24.3 Å². The van der Waals surface area contributed by atoms with E-state index in [1.54, 1.807) is 12.1 Å². The number of aryl methyl sites for hydroxylation is 1. The number of hydrogen-bond donors (Lipinski definition) is 2. The van der Waals surface area contributed by atoms with Crippen molar-refractivity contribution in [2.45, 2.75) is 6.92 Å². The maximum Gasteiger partial charge on any atom is 0.355 e. The number of aromatic nitrogens is 1. The Hall–Kier alpha value is -2.36. The fourth-order valence-corrected chi connectivity index (χ4v) is 1.73. The molecule has 3 N–H and O–H groups in total. The third-order valence-corrected chi connectivity index (χ3v) is 2.55. The Balaban J connectivity index is 2.68. The number of benzene rings is 1. The molecule has 0 radical (unpaired) electrons. The normalized spacial score (nSPS) is 10.2. The molecule has 4 heteroatoms. The van der Waals surface area contributed by atoms with Crippen LogP contribution in [0.2, 0.25) is 0 Å². The molecule has 1 aromatic heterocycles. The highest BCUT2D eigenvalue weighted by atomic mass is 16.4. The molecule has 2 aromatic rings. The second-order valence-electron chi connectivity index (χ2n) is 3.75. The number of pyridine rings is 1. The van der Waals surface area contributed by atoms with Crippen molar-refractivity contribution in [2.75, 3.05) is 5.73 Å². The number of anilines is 1. The van der Waals surface area contributed by atoms with Gasteiger partial charge in [-0.05, 0) is 30.2 Å². The third kappa shape index (κ3) is 2.10. The van der Waals surface area contributed by atoms with Crippen LogP contribution in [0.5, 0.6) is 0 Å². The SMILES string of the molecule is Cc1ccccc1-c1ccc(N)nc1C(=O)O. The van der Waals surface area contributed by atoms with Gasteiger partial charge in [-0.25, -0.2) is 9.78 Å². The Morgan fingerprint density at radius 2 is 1.88 bits per heavy atom. The number of carboxylic acid groups (broad SMARTS) is 1. The molecule has 0 aliphatic carbocycles. The summed E-state index contributed by atoms with van der Waals surface area (Å²) >= 11 is 0. The van der Waals surface area contributed by atoms with E-state index in [-0.39, 0.29) is 11.5 Å². The molecule has 17 heavy (non-hydrogen) atoms. The average molecular weight is 228 g/mol. The molecule has 0 aliphatic heterocycles. The zero-order valence-electron chi connectivity index (χ0n) is 9.34. The topological polar surface area (TPSA) is 76.2 Å². The zero-order valence-corrected chi connectivity index (χ0v) is 9.34. The summed E-state index contributed by atoms with van der Waals surface area (Å²) in [7, 11) is 0. The summed E-state index contributed by atoms with van der Waals surface area (Å²) in [6.45, 7) is 1.93. The molecule has 0 saturated heterocycles. The summed E-state index contributed by atoms with van der Waals surface area (Å²) < 4.78 is 0. The first-order valence-corrected chi connectivity index (χ1v) is 5.15. The first-order valence-electron chi connectivity index (χ1n) is 5.15. The van der Waals surface area contributed by atoms with Gasteiger partial charge in [-0.2, -0.15) is 0 Å². The fourth-order valence-electron chi connectivity index (χ4n) is 1.73. The number of aromatic carboxylic acids is 1. The minimum absolute atomic E-state index is 0.0145. The lowest BCUT2D eigenvalue weighted by molar-refractivity contribution is 0.0691. The highest BCUT2D eigenvalue weighted by Crippen LogP contribution is 2.26. The van der Waals surface area contributed by atoms with Crippen molar-refractivity contribution in [3.63, 3.8) is 0 Å². The van der Waals surface area contributed by atoms with Crippen molar-refractivity contribution in [1.82, 2.24) is 4.98 Å². The van der Waals surface area contributed by atoms with Crippen molar-refractivity contribution < 1.29 is 9.90 Å². The van der Waals surface area contributed by atoms with Gasteiger partial charge in [0.1, 0.15) is 5.82 Å². The number of nitrogen functional groups attached to an aromatic ring is 1. The number of carboxylic acids is 1. The Morgan fingerprint density at radius 1 is 1.18 bits per heavy atom. The molecule has 0 fully saturated rings. The van der Waals surface area contributed by atoms with E-state index in [4.69, 9.17) is 10.8 Å². The van der Waals surface area contributed by atoms with E-state index in [1.165, 1.54) is 0 Å². The number of hydrogen-bond acceptors (Lipinski definition) is 3. The van der Waals surface area contributed by atoms with Crippen LogP contribution in [0.25, 0.3) is 11.1 Å². The van der Waals surface area contributed by atoms with Crippen LogP contribution in [-0.2, 0) is 0 Å². The predicted octanol–water partition coefficient (Wildman–Crippen LogP) is 2.34. The summed E-state index contributed by atoms with van der Waals surface area (Å²) in [5.41, 5.74) is 7.94. The molecular formula is C13H12N2O2. The Morgan fingerprint density at radius 3 is 2.53 bits per heavy atom. The lowest BCUT2D eigenvalue weighted by atomic mass is 9.99. The molecule has 0 atom stereocenters.